The van der Waals surface area contributed by atoms with Crippen molar-refractivity contribution in [3.63, 3.8) is 0 Å². The van der Waals surface area contributed by atoms with Crippen molar-refractivity contribution >= 4 is 0 Å². The van der Waals surface area contributed by atoms with Gasteiger partial charge >= 0.3 is 0 Å². The fourth-order valence-corrected chi connectivity index (χ4v) is 2.88. The maximum Gasteiger partial charge on any atom is 0.0945 e. The number of nitrogens with one attached hydrogen (secondary N) is 1. The monoisotopic (exact) mass is 278 g/mol. The van der Waals surface area contributed by atoms with Crippen molar-refractivity contribution < 1.29 is 0 Å². The zero-order valence-corrected chi connectivity index (χ0v) is 13.3. The molecule has 1 aliphatic heterocycles. The van der Waals surface area contributed by atoms with E-state index in [1.165, 1.54) is 38.8 Å². The first-order chi connectivity index (χ1) is 9.54. The van der Waals surface area contributed by atoms with E-state index in [-0.39, 0.29) is 5.54 Å². The molecule has 0 amide bonds. The minimum absolute atomic E-state index is 0.222. The summed E-state index contributed by atoms with van der Waals surface area (Å²) in [4.78, 5) is 6.78. The standard InChI is InChI=1S/C16H30N4/c1-16(2,3)18-13-15-7-4-5-10-20(15)11-6-9-19-12-8-17-14-19/h8,12,14-15,18H,4-7,9-11,13H2,1-3H3. The third-order valence-corrected chi connectivity index (χ3v) is 4.04. The Balaban J connectivity index is 1.74. The van der Waals surface area contributed by atoms with Gasteiger partial charge in [-0.15, -0.1) is 0 Å². The number of aryl methyl sites for hydroxylation is 1. The van der Waals surface area contributed by atoms with Crippen molar-refractivity contribution in [3.05, 3.63) is 18.7 Å². The summed E-state index contributed by atoms with van der Waals surface area (Å²) < 4.78 is 2.17. The highest BCUT2D eigenvalue weighted by Gasteiger charge is 2.23. The van der Waals surface area contributed by atoms with Crippen molar-refractivity contribution in [2.45, 2.75) is 64.6 Å². The lowest BCUT2D eigenvalue weighted by atomic mass is 10.00. The Morgan fingerprint density at radius 3 is 2.80 bits per heavy atom. The Morgan fingerprint density at radius 1 is 1.25 bits per heavy atom. The smallest absolute Gasteiger partial charge is 0.0945 e. The second kappa shape index (κ2) is 7.23. The minimum Gasteiger partial charge on any atom is -0.337 e. The molecule has 1 aromatic heterocycles. The molecular weight excluding hydrogens is 248 g/mol. The second-order valence-corrected chi connectivity index (χ2v) is 6.97. The Kier molecular flexibility index (Phi) is 5.61. The van der Waals surface area contributed by atoms with Crippen molar-refractivity contribution in [1.82, 2.24) is 19.8 Å². The second-order valence-electron chi connectivity index (χ2n) is 6.97. The van der Waals surface area contributed by atoms with E-state index in [2.05, 4.69) is 46.7 Å². The van der Waals surface area contributed by atoms with Crippen LogP contribution in [0.15, 0.2) is 18.7 Å². The molecule has 1 aromatic rings. The van der Waals surface area contributed by atoms with Gasteiger partial charge in [0, 0.05) is 43.6 Å². The van der Waals surface area contributed by atoms with Crippen molar-refractivity contribution in [1.29, 1.82) is 0 Å². The van der Waals surface area contributed by atoms with Gasteiger partial charge in [0.05, 0.1) is 6.33 Å². The zero-order valence-electron chi connectivity index (χ0n) is 13.3. The number of aromatic nitrogens is 2. The number of piperidine rings is 1. The van der Waals surface area contributed by atoms with Crippen LogP contribution in [0.5, 0.6) is 0 Å². The van der Waals surface area contributed by atoms with Crippen LogP contribution in [-0.4, -0.2) is 45.7 Å². The molecule has 1 atom stereocenters. The summed E-state index contributed by atoms with van der Waals surface area (Å²) in [7, 11) is 0. The molecule has 20 heavy (non-hydrogen) atoms. The van der Waals surface area contributed by atoms with Gasteiger partial charge in [0.1, 0.15) is 0 Å². The maximum absolute atomic E-state index is 4.10. The molecule has 0 aliphatic carbocycles. The number of imidazole rings is 1. The number of likely N-dealkylation sites (tertiary alicyclic amines) is 1. The molecule has 4 nitrogen and oxygen atoms in total. The van der Waals surface area contributed by atoms with E-state index in [9.17, 15) is 0 Å². The highest BCUT2D eigenvalue weighted by molar-refractivity contribution is 4.82. The molecule has 2 heterocycles. The van der Waals surface area contributed by atoms with Crippen LogP contribution in [0.1, 0.15) is 46.5 Å². The van der Waals surface area contributed by atoms with Crippen molar-refractivity contribution in [3.8, 4) is 0 Å². The molecule has 0 saturated carbocycles. The summed E-state index contributed by atoms with van der Waals surface area (Å²) in [6.45, 7) is 11.4. The quantitative estimate of drug-likeness (QED) is 0.868. The first-order valence-corrected chi connectivity index (χ1v) is 7.99. The van der Waals surface area contributed by atoms with Crippen LogP contribution in [0, 0.1) is 0 Å². The van der Waals surface area contributed by atoms with Crippen LogP contribution < -0.4 is 5.32 Å². The normalized spacial score (nSPS) is 21.2. The molecule has 0 bridgehead atoms. The fourth-order valence-electron chi connectivity index (χ4n) is 2.88. The molecule has 2 rings (SSSR count). The predicted octanol–water partition coefficient (Wildman–Crippen LogP) is 2.52. The first-order valence-electron chi connectivity index (χ1n) is 7.99. The van der Waals surface area contributed by atoms with Gasteiger partial charge in [-0.1, -0.05) is 6.42 Å². The molecule has 1 unspecified atom stereocenters. The van der Waals surface area contributed by atoms with Crippen molar-refractivity contribution in [2.75, 3.05) is 19.6 Å². The fraction of sp³-hybridized carbons (Fsp3) is 0.812. The predicted molar refractivity (Wildman–Crippen MR) is 83.8 cm³/mol. The van der Waals surface area contributed by atoms with E-state index in [1.807, 2.05) is 12.5 Å². The summed E-state index contributed by atoms with van der Waals surface area (Å²) in [5.74, 6) is 0. The summed E-state index contributed by atoms with van der Waals surface area (Å²) in [5, 5.41) is 3.67. The summed E-state index contributed by atoms with van der Waals surface area (Å²) in [6.07, 6.45) is 11.1. The number of nitrogens with zero attached hydrogens (tertiary/aromatic N) is 3. The molecule has 114 valence electrons. The number of rotatable bonds is 6. The van der Waals surface area contributed by atoms with Gasteiger partial charge in [0.15, 0.2) is 0 Å². The molecule has 1 saturated heterocycles. The largest absolute Gasteiger partial charge is 0.337 e. The minimum atomic E-state index is 0.222. The summed E-state index contributed by atoms with van der Waals surface area (Å²) in [6, 6.07) is 0.714. The van der Waals surface area contributed by atoms with E-state index in [0.29, 0.717) is 6.04 Å². The third kappa shape index (κ3) is 5.25. The van der Waals surface area contributed by atoms with Crippen LogP contribution in [-0.2, 0) is 6.54 Å². The SMILES string of the molecule is CC(C)(C)NCC1CCCCN1CCCn1ccnc1. The molecule has 1 aliphatic rings. The zero-order chi connectivity index (χ0) is 14.4. The average Bonchev–Trinajstić information content (AvgIpc) is 2.90. The van der Waals surface area contributed by atoms with E-state index < -0.39 is 0 Å². The molecule has 0 spiro atoms. The average molecular weight is 278 g/mol. The lowest BCUT2D eigenvalue weighted by Gasteiger charge is -2.37. The number of hydrogen-bond donors (Lipinski definition) is 1. The van der Waals surface area contributed by atoms with E-state index >= 15 is 0 Å². The van der Waals surface area contributed by atoms with Crippen LogP contribution in [0.3, 0.4) is 0 Å². The Morgan fingerprint density at radius 2 is 2.10 bits per heavy atom. The van der Waals surface area contributed by atoms with Crippen LogP contribution in [0.4, 0.5) is 0 Å². The van der Waals surface area contributed by atoms with Crippen LogP contribution in [0.25, 0.3) is 0 Å². The lowest BCUT2D eigenvalue weighted by molar-refractivity contribution is 0.135. The van der Waals surface area contributed by atoms with Gasteiger partial charge < -0.3 is 9.88 Å². The first kappa shape index (κ1) is 15.5. The van der Waals surface area contributed by atoms with E-state index in [1.54, 1.807) is 0 Å². The highest BCUT2D eigenvalue weighted by atomic mass is 15.2. The van der Waals surface area contributed by atoms with Gasteiger partial charge in [-0.25, -0.2) is 4.98 Å². The van der Waals surface area contributed by atoms with E-state index in [4.69, 9.17) is 0 Å². The lowest BCUT2D eigenvalue weighted by Crippen LogP contribution is -2.49. The van der Waals surface area contributed by atoms with Crippen molar-refractivity contribution in [2.24, 2.45) is 0 Å². The third-order valence-electron chi connectivity index (χ3n) is 4.04. The highest BCUT2D eigenvalue weighted by Crippen LogP contribution is 2.17. The Bertz CT molecular complexity index is 366. The number of hydrogen-bond acceptors (Lipinski definition) is 3. The van der Waals surface area contributed by atoms with Gasteiger partial charge in [-0.2, -0.15) is 0 Å². The Labute approximate surface area is 123 Å². The van der Waals surface area contributed by atoms with Gasteiger partial charge in [0.25, 0.3) is 0 Å². The van der Waals surface area contributed by atoms with Crippen LogP contribution >= 0.6 is 0 Å². The molecule has 1 N–H and O–H groups in total. The molecule has 0 aromatic carbocycles. The topological polar surface area (TPSA) is 33.1 Å². The van der Waals surface area contributed by atoms with Gasteiger partial charge in [0.2, 0.25) is 0 Å². The Hall–Kier alpha value is -0.870. The maximum atomic E-state index is 4.10. The van der Waals surface area contributed by atoms with Gasteiger partial charge in [-0.3, -0.25) is 4.90 Å². The molecule has 0 radical (unpaired) electrons. The summed E-state index contributed by atoms with van der Waals surface area (Å²) >= 11 is 0. The summed E-state index contributed by atoms with van der Waals surface area (Å²) in [5.41, 5.74) is 0.222. The molecular formula is C16H30N4. The molecule has 4 heteroatoms. The van der Waals surface area contributed by atoms with Crippen LogP contribution in [0.2, 0.25) is 0 Å². The molecule has 1 fully saturated rings. The van der Waals surface area contributed by atoms with E-state index in [0.717, 1.165) is 13.1 Å². The van der Waals surface area contributed by atoms with Gasteiger partial charge in [-0.05, 0) is 46.6 Å².